The molecule has 0 aromatic heterocycles. The molecule has 26 heavy (non-hydrogen) atoms. The summed E-state index contributed by atoms with van der Waals surface area (Å²) in [6.07, 6.45) is 12.6. The summed E-state index contributed by atoms with van der Waals surface area (Å²) in [4.78, 5) is 24.5. The van der Waals surface area contributed by atoms with E-state index in [1.54, 1.807) is 12.2 Å². The molecule has 0 radical (unpaired) electrons. The van der Waals surface area contributed by atoms with Gasteiger partial charge >= 0.3 is 6.03 Å². The molecule has 0 bridgehead atoms. The Morgan fingerprint density at radius 1 is 1.31 bits per heavy atom. The molecule has 0 heterocycles. The van der Waals surface area contributed by atoms with Crippen molar-refractivity contribution in [3.8, 4) is 0 Å². The van der Waals surface area contributed by atoms with Crippen LogP contribution in [0.4, 0.5) is 4.79 Å². The van der Waals surface area contributed by atoms with Gasteiger partial charge in [0.1, 0.15) is 0 Å². The normalized spacial score (nSPS) is 22.8. The minimum absolute atomic E-state index is 0.0299. The average Bonchev–Trinajstić information content (AvgIpc) is 2.57. The zero-order valence-corrected chi connectivity index (χ0v) is 16.2. The van der Waals surface area contributed by atoms with E-state index in [0.717, 1.165) is 32.1 Å². The Morgan fingerprint density at radius 3 is 2.65 bits per heavy atom. The molecule has 0 aromatic carbocycles. The monoisotopic (exact) mass is 380 g/mol. The molecule has 1 fully saturated rings. The highest BCUT2D eigenvalue weighted by Crippen LogP contribution is 2.25. The predicted octanol–water partition coefficient (Wildman–Crippen LogP) is 2.20. The van der Waals surface area contributed by atoms with Gasteiger partial charge in [0.2, 0.25) is 0 Å². The number of rotatable bonds is 6. The summed E-state index contributed by atoms with van der Waals surface area (Å²) in [7, 11) is 0. The number of thiocarbonyl (C=S) groups is 1. The van der Waals surface area contributed by atoms with Crippen LogP contribution in [0.5, 0.6) is 0 Å². The molecule has 2 rings (SSSR count). The van der Waals surface area contributed by atoms with Crippen molar-refractivity contribution in [3.63, 3.8) is 0 Å². The zero-order chi connectivity index (χ0) is 19.0. The van der Waals surface area contributed by atoms with E-state index in [4.69, 9.17) is 17.0 Å². The highest BCUT2D eigenvalue weighted by atomic mass is 32.1. The molecule has 1 saturated carbocycles. The first kappa shape index (κ1) is 20.4. The molecule has 7 nitrogen and oxygen atoms in total. The minimum Gasteiger partial charge on any atom is -0.358 e. The lowest BCUT2D eigenvalue weighted by Crippen LogP contribution is -2.58. The third-order valence-corrected chi connectivity index (χ3v) is 4.69. The maximum atomic E-state index is 12.7. The fourth-order valence-corrected chi connectivity index (χ4v) is 3.01. The van der Waals surface area contributed by atoms with Crippen molar-refractivity contribution in [1.82, 2.24) is 21.5 Å². The first-order valence-electron chi connectivity index (χ1n) is 9.15. The van der Waals surface area contributed by atoms with Gasteiger partial charge in [-0.1, -0.05) is 31.6 Å². The smallest absolute Gasteiger partial charge is 0.321 e. The van der Waals surface area contributed by atoms with Gasteiger partial charge in [0.05, 0.1) is 6.10 Å². The number of amides is 3. The molecule has 3 amide bonds. The van der Waals surface area contributed by atoms with E-state index in [0.29, 0.717) is 6.42 Å². The van der Waals surface area contributed by atoms with E-state index < -0.39 is 5.60 Å². The number of hydrazine groups is 1. The zero-order valence-electron chi connectivity index (χ0n) is 15.3. The molecule has 0 aliphatic heterocycles. The van der Waals surface area contributed by atoms with Crippen LogP contribution in [0.3, 0.4) is 0 Å². The van der Waals surface area contributed by atoms with Gasteiger partial charge < -0.3 is 10.1 Å². The summed E-state index contributed by atoms with van der Waals surface area (Å²) in [5.74, 6) is -0.357. The maximum absolute atomic E-state index is 12.7. The summed E-state index contributed by atoms with van der Waals surface area (Å²) in [6, 6.07) is -0.159. The van der Waals surface area contributed by atoms with Crippen molar-refractivity contribution in [1.29, 1.82) is 0 Å². The number of nitrogens with one attached hydrogen (secondary N) is 4. The predicted molar refractivity (Wildman–Crippen MR) is 104 cm³/mol. The first-order valence-corrected chi connectivity index (χ1v) is 9.56. The molecule has 8 heteroatoms. The van der Waals surface area contributed by atoms with Crippen molar-refractivity contribution in [2.75, 3.05) is 0 Å². The van der Waals surface area contributed by atoms with Crippen molar-refractivity contribution in [3.05, 3.63) is 24.3 Å². The maximum Gasteiger partial charge on any atom is 0.321 e. The molecule has 2 unspecified atom stereocenters. The van der Waals surface area contributed by atoms with Gasteiger partial charge in [-0.25, -0.2) is 4.79 Å². The lowest BCUT2D eigenvalue weighted by Gasteiger charge is -2.33. The van der Waals surface area contributed by atoms with Gasteiger partial charge in [-0.05, 0) is 50.9 Å². The molecule has 0 aromatic rings. The molecule has 2 atom stereocenters. The largest absolute Gasteiger partial charge is 0.358 e. The molecule has 4 N–H and O–H groups in total. The number of carbonyl (C=O) groups is 2. The molecular formula is C18H28N4O3S. The van der Waals surface area contributed by atoms with Crippen LogP contribution in [0.15, 0.2) is 24.3 Å². The first-order chi connectivity index (χ1) is 12.4. The topological polar surface area (TPSA) is 91.5 Å². The van der Waals surface area contributed by atoms with Crippen LogP contribution in [-0.2, 0) is 9.53 Å². The summed E-state index contributed by atoms with van der Waals surface area (Å²) in [5, 5.41) is 5.33. The van der Waals surface area contributed by atoms with Gasteiger partial charge in [-0.2, -0.15) is 0 Å². The van der Waals surface area contributed by atoms with Gasteiger partial charge in [-0.3, -0.25) is 21.0 Å². The number of hydrogen-bond acceptors (Lipinski definition) is 4. The Morgan fingerprint density at radius 2 is 2.08 bits per heavy atom. The number of ether oxygens (including phenoxy) is 1. The van der Waals surface area contributed by atoms with Crippen LogP contribution in [0.1, 0.15) is 52.4 Å². The second kappa shape index (κ2) is 9.68. The van der Waals surface area contributed by atoms with Gasteiger partial charge in [0, 0.05) is 12.5 Å². The third-order valence-electron chi connectivity index (χ3n) is 4.48. The minimum atomic E-state index is -1.08. The highest BCUT2D eigenvalue weighted by Gasteiger charge is 2.38. The van der Waals surface area contributed by atoms with E-state index in [9.17, 15) is 9.59 Å². The lowest BCUT2D eigenvalue weighted by atomic mass is 9.93. The fourth-order valence-electron chi connectivity index (χ4n) is 2.86. The Balaban J connectivity index is 1.84. The Kier molecular flexibility index (Phi) is 7.59. The van der Waals surface area contributed by atoms with Crippen molar-refractivity contribution in [2.24, 2.45) is 0 Å². The summed E-state index contributed by atoms with van der Waals surface area (Å²) in [5.41, 5.74) is 4.03. The van der Waals surface area contributed by atoms with Crippen molar-refractivity contribution < 1.29 is 14.3 Å². The fraction of sp³-hybridized carbons (Fsp3) is 0.611. The van der Waals surface area contributed by atoms with Crippen LogP contribution in [0, 0.1) is 0 Å². The average molecular weight is 381 g/mol. The second-order valence-electron chi connectivity index (χ2n) is 6.73. The van der Waals surface area contributed by atoms with Gasteiger partial charge in [0.15, 0.2) is 10.7 Å². The molecule has 144 valence electrons. The Bertz CT molecular complexity index is 589. The summed E-state index contributed by atoms with van der Waals surface area (Å²) < 4.78 is 6.04. The SMILES string of the molecule is CCCC(C)OC1(C(=O)NNC(=S)NC(=O)NC2CCC2)C=CC=CC1. The summed E-state index contributed by atoms with van der Waals surface area (Å²) >= 11 is 5.05. The number of hydrogen-bond donors (Lipinski definition) is 4. The van der Waals surface area contributed by atoms with Crippen molar-refractivity contribution >= 4 is 29.3 Å². The lowest BCUT2D eigenvalue weighted by molar-refractivity contribution is -0.147. The number of carbonyl (C=O) groups excluding carboxylic acids is 2. The van der Waals surface area contributed by atoms with E-state index in [1.165, 1.54) is 0 Å². The molecular weight excluding hydrogens is 352 g/mol. The molecule has 0 saturated heterocycles. The van der Waals surface area contributed by atoms with E-state index in [-0.39, 0.29) is 29.2 Å². The highest BCUT2D eigenvalue weighted by molar-refractivity contribution is 7.80. The second-order valence-corrected chi connectivity index (χ2v) is 7.14. The van der Waals surface area contributed by atoms with Crippen LogP contribution in [0.25, 0.3) is 0 Å². The van der Waals surface area contributed by atoms with Crippen LogP contribution in [0.2, 0.25) is 0 Å². The van der Waals surface area contributed by atoms with Gasteiger partial charge in [0.25, 0.3) is 5.91 Å². The number of allylic oxidation sites excluding steroid dienone is 2. The van der Waals surface area contributed by atoms with E-state index >= 15 is 0 Å². The van der Waals surface area contributed by atoms with Crippen molar-refractivity contribution in [2.45, 2.75) is 70.1 Å². The standard InChI is InChI=1S/C18H28N4O3S/c1-3-8-13(2)25-18(11-5-4-6-12-18)15(23)21-22-17(26)20-16(24)19-14-9-7-10-14/h4-6,11,13-14H,3,7-10,12H2,1-2H3,(H,21,23)(H3,19,20,22,24,26). The third kappa shape index (κ3) is 5.81. The molecule has 2 aliphatic rings. The van der Waals surface area contributed by atoms with Crippen LogP contribution in [-0.4, -0.2) is 34.8 Å². The Hall–Kier alpha value is -1.93. The number of urea groups is 1. The quantitative estimate of drug-likeness (QED) is 0.419. The summed E-state index contributed by atoms with van der Waals surface area (Å²) in [6.45, 7) is 4.03. The van der Waals surface area contributed by atoms with E-state index in [1.807, 2.05) is 19.1 Å². The van der Waals surface area contributed by atoms with Crippen LogP contribution >= 0.6 is 12.2 Å². The van der Waals surface area contributed by atoms with Crippen LogP contribution < -0.4 is 21.5 Å². The molecule has 2 aliphatic carbocycles. The van der Waals surface area contributed by atoms with Gasteiger partial charge in [-0.15, -0.1) is 0 Å². The Labute approximate surface area is 160 Å². The van der Waals surface area contributed by atoms with E-state index in [2.05, 4.69) is 28.4 Å². The molecule has 0 spiro atoms.